The normalized spacial score (nSPS) is 31.8. The summed E-state index contributed by atoms with van der Waals surface area (Å²) in [6.45, 7) is 4.44. The van der Waals surface area contributed by atoms with Crippen LogP contribution in [-0.2, 0) is 4.79 Å². The molecule has 0 unspecified atom stereocenters. The van der Waals surface area contributed by atoms with Gasteiger partial charge in [0.1, 0.15) is 0 Å². The predicted molar refractivity (Wildman–Crippen MR) is 96.7 cm³/mol. The van der Waals surface area contributed by atoms with Crippen LogP contribution < -0.4 is 5.73 Å². The average molecular weight is 337 g/mol. The fourth-order valence-corrected chi connectivity index (χ4v) is 4.27. The number of carbonyl (C=O) groups is 1. The molecule has 1 aromatic carbocycles. The maximum atomic E-state index is 13.0. The van der Waals surface area contributed by atoms with E-state index in [4.69, 9.17) is 5.73 Å². The number of benzene rings is 1. The third kappa shape index (κ3) is 3.41. The molecular weight excluding hydrogens is 308 g/mol. The minimum atomic E-state index is 0. The molecule has 128 valence electrons. The number of nitrogens with zero attached hydrogens (tertiary/aromatic N) is 1. The molecule has 3 rings (SSSR count). The van der Waals surface area contributed by atoms with Crippen molar-refractivity contribution in [2.45, 2.75) is 57.5 Å². The Morgan fingerprint density at radius 1 is 1.13 bits per heavy atom. The van der Waals surface area contributed by atoms with Crippen LogP contribution in [0.4, 0.5) is 0 Å². The van der Waals surface area contributed by atoms with E-state index in [9.17, 15) is 4.79 Å². The molecule has 2 atom stereocenters. The molecule has 0 radical (unpaired) electrons. The van der Waals surface area contributed by atoms with E-state index in [1.54, 1.807) is 0 Å². The number of carbonyl (C=O) groups excluding carboxylic acids is 1. The van der Waals surface area contributed by atoms with E-state index in [0.717, 1.165) is 25.7 Å². The Kier molecular flexibility index (Phi) is 5.42. The first-order valence-corrected chi connectivity index (χ1v) is 8.50. The summed E-state index contributed by atoms with van der Waals surface area (Å²) in [4.78, 5) is 15.0. The summed E-state index contributed by atoms with van der Waals surface area (Å²) in [5.74, 6) is 0.796. The van der Waals surface area contributed by atoms with Crippen molar-refractivity contribution in [3.63, 3.8) is 0 Å². The summed E-state index contributed by atoms with van der Waals surface area (Å²) in [5, 5.41) is 0. The molecule has 1 aromatic rings. The van der Waals surface area contributed by atoms with Gasteiger partial charge in [-0.3, -0.25) is 4.79 Å². The van der Waals surface area contributed by atoms with E-state index in [0.29, 0.717) is 23.9 Å². The SMILES string of the molecule is CN(C(=O)[C@@H]1[C@@H](c2ccccc2)C1(C)C)C1CCC(N)CC1.Cl. The Hall–Kier alpha value is -1.06. The van der Waals surface area contributed by atoms with Gasteiger partial charge in [0.2, 0.25) is 5.91 Å². The summed E-state index contributed by atoms with van der Waals surface area (Å²) in [7, 11) is 1.99. The molecular formula is C19H29ClN2O. The van der Waals surface area contributed by atoms with Gasteiger partial charge in [-0.2, -0.15) is 0 Å². The molecule has 2 fully saturated rings. The smallest absolute Gasteiger partial charge is 0.226 e. The van der Waals surface area contributed by atoms with Crippen molar-refractivity contribution in [2.24, 2.45) is 17.1 Å². The Labute approximate surface area is 146 Å². The third-order valence-corrected chi connectivity index (χ3v) is 5.89. The lowest BCUT2D eigenvalue weighted by molar-refractivity contribution is -0.134. The number of hydrogen-bond acceptors (Lipinski definition) is 2. The van der Waals surface area contributed by atoms with Gasteiger partial charge in [0.15, 0.2) is 0 Å². The molecule has 0 bridgehead atoms. The summed E-state index contributed by atoms with van der Waals surface area (Å²) >= 11 is 0. The highest BCUT2D eigenvalue weighted by Crippen LogP contribution is 2.65. The molecule has 1 amide bonds. The van der Waals surface area contributed by atoms with Crippen molar-refractivity contribution in [3.8, 4) is 0 Å². The maximum absolute atomic E-state index is 13.0. The topological polar surface area (TPSA) is 46.3 Å². The number of nitrogens with two attached hydrogens (primary N) is 1. The van der Waals surface area contributed by atoms with Crippen molar-refractivity contribution in [1.82, 2.24) is 4.90 Å². The van der Waals surface area contributed by atoms with Gasteiger partial charge in [0.05, 0.1) is 5.92 Å². The quantitative estimate of drug-likeness (QED) is 0.917. The van der Waals surface area contributed by atoms with Gasteiger partial charge in [-0.15, -0.1) is 12.4 Å². The van der Waals surface area contributed by atoms with E-state index in [-0.39, 0.29) is 23.7 Å². The van der Waals surface area contributed by atoms with Crippen LogP contribution in [0.5, 0.6) is 0 Å². The molecule has 0 heterocycles. The average Bonchev–Trinajstić information content (AvgIpc) is 3.10. The number of halogens is 1. The first-order valence-electron chi connectivity index (χ1n) is 8.50. The van der Waals surface area contributed by atoms with E-state index < -0.39 is 0 Å². The Morgan fingerprint density at radius 3 is 2.26 bits per heavy atom. The molecule has 2 saturated carbocycles. The van der Waals surface area contributed by atoms with E-state index in [2.05, 4.69) is 38.1 Å². The highest BCUT2D eigenvalue weighted by molar-refractivity contribution is 5.85. The second-order valence-electron chi connectivity index (χ2n) is 7.71. The third-order valence-electron chi connectivity index (χ3n) is 5.89. The molecule has 2 aliphatic carbocycles. The standard InChI is InChI=1S/C19H28N2O.ClH/c1-19(2)16(13-7-5-4-6-8-13)17(19)18(22)21(3)15-11-9-14(20)10-12-15;/h4-8,14-17H,9-12,20H2,1-3H3;1H/t14?,15?,16-,17+;/m1./s1. The molecule has 23 heavy (non-hydrogen) atoms. The van der Waals surface area contributed by atoms with Gasteiger partial charge >= 0.3 is 0 Å². The Morgan fingerprint density at radius 2 is 1.70 bits per heavy atom. The zero-order chi connectivity index (χ0) is 15.9. The second-order valence-corrected chi connectivity index (χ2v) is 7.71. The second kappa shape index (κ2) is 6.82. The molecule has 0 saturated heterocycles. The molecule has 0 spiro atoms. The van der Waals surface area contributed by atoms with Crippen molar-refractivity contribution < 1.29 is 4.79 Å². The first kappa shape index (κ1) is 18.3. The van der Waals surface area contributed by atoms with Gasteiger partial charge < -0.3 is 10.6 Å². The zero-order valence-corrected chi connectivity index (χ0v) is 15.2. The van der Waals surface area contributed by atoms with Crippen LogP contribution in [0, 0.1) is 11.3 Å². The number of rotatable bonds is 3. The van der Waals surface area contributed by atoms with E-state index in [1.807, 2.05) is 18.0 Å². The van der Waals surface area contributed by atoms with Gasteiger partial charge in [-0.1, -0.05) is 44.2 Å². The highest BCUT2D eigenvalue weighted by atomic mass is 35.5. The van der Waals surface area contributed by atoms with Crippen LogP contribution in [0.1, 0.15) is 51.0 Å². The van der Waals surface area contributed by atoms with Gasteiger partial charge in [0, 0.05) is 25.0 Å². The van der Waals surface area contributed by atoms with Crippen LogP contribution in [0.2, 0.25) is 0 Å². The van der Waals surface area contributed by atoms with Crippen molar-refractivity contribution in [2.75, 3.05) is 7.05 Å². The van der Waals surface area contributed by atoms with Crippen LogP contribution in [0.15, 0.2) is 30.3 Å². The summed E-state index contributed by atoms with van der Waals surface area (Å²) in [6.07, 6.45) is 4.18. The molecule has 2 aliphatic rings. The molecule has 0 aliphatic heterocycles. The van der Waals surface area contributed by atoms with Crippen molar-refractivity contribution in [3.05, 3.63) is 35.9 Å². The lowest BCUT2D eigenvalue weighted by Crippen LogP contribution is -2.43. The molecule has 0 aromatic heterocycles. The van der Waals surface area contributed by atoms with Gasteiger partial charge in [-0.25, -0.2) is 0 Å². The number of hydrogen-bond donors (Lipinski definition) is 1. The van der Waals surface area contributed by atoms with Crippen LogP contribution >= 0.6 is 12.4 Å². The zero-order valence-electron chi connectivity index (χ0n) is 14.4. The minimum Gasteiger partial charge on any atom is -0.342 e. The maximum Gasteiger partial charge on any atom is 0.226 e. The fourth-order valence-electron chi connectivity index (χ4n) is 4.27. The summed E-state index contributed by atoms with van der Waals surface area (Å²) in [5.41, 5.74) is 7.35. The Balaban J connectivity index is 0.00000192. The lowest BCUT2D eigenvalue weighted by Gasteiger charge is -2.34. The largest absolute Gasteiger partial charge is 0.342 e. The van der Waals surface area contributed by atoms with E-state index in [1.165, 1.54) is 5.56 Å². The van der Waals surface area contributed by atoms with Crippen LogP contribution in [0.3, 0.4) is 0 Å². The van der Waals surface area contributed by atoms with E-state index >= 15 is 0 Å². The predicted octanol–water partition coefficient (Wildman–Crippen LogP) is 3.58. The van der Waals surface area contributed by atoms with Crippen LogP contribution in [0.25, 0.3) is 0 Å². The fraction of sp³-hybridized carbons (Fsp3) is 0.632. The van der Waals surface area contributed by atoms with Gasteiger partial charge in [0.25, 0.3) is 0 Å². The number of amides is 1. The monoisotopic (exact) mass is 336 g/mol. The first-order chi connectivity index (χ1) is 10.4. The van der Waals surface area contributed by atoms with Crippen molar-refractivity contribution >= 4 is 18.3 Å². The van der Waals surface area contributed by atoms with Gasteiger partial charge in [-0.05, 0) is 36.7 Å². The Bertz CT molecular complexity index is 538. The molecule has 4 heteroatoms. The van der Waals surface area contributed by atoms with Crippen molar-refractivity contribution in [1.29, 1.82) is 0 Å². The van der Waals surface area contributed by atoms with Crippen LogP contribution in [-0.4, -0.2) is 29.9 Å². The lowest BCUT2D eigenvalue weighted by atomic mass is 9.90. The summed E-state index contributed by atoms with van der Waals surface area (Å²) < 4.78 is 0. The highest BCUT2D eigenvalue weighted by Gasteiger charge is 2.63. The summed E-state index contributed by atoms with van der Waals surface area (Å²) in [6, 6.07) is 11.2. The minimum absolute atomic E-state index is 0. The molecule has 3 nitrogen and oxygen atoms in total. The molecule has 2 N–H and O–H groups in total.